The summed E-state index contributed by atoms with van der Waals surface area (Å²) in [7, 11) is 3.72. The first kappa shape index (κ1) is 22.3. The fourth-order valence-corrected chi connectivity index (χ4v) is 3.95. The van der Waals surface area contributed by atoms with Crippen molar-refractivity contribution in [1.29, 1.82) is 0 Å². The van der Waals surface area contributed by atoms with Crippen molar-refractivity contribution in [2.24, 2.45) is 0 Å². The van der Waals surface area contributed by atoms with Gasteiger partial charge in [0.2, 0.25) is 5.76 Å². The van der Waals surface area contributed by atoms with E-state index in [-0.39, 0.29) is 30.6 Å². The Labute approximate surface area is 201 Å². The number of rotatable bonds is 7. The molecule has 8 heteroatoms. The Bertz CT molecular complexity index is 1460. The van der Waals surface area contributed by atoms with E-state index in [1.807, 2.05) is 61.5 Å². The number of halogens is 1. The standard InChI is InChI=1S/C27H23FN4O3/c1-31(2)26-20(13-19-10-11-21(28)14-23(19)29-26)16-32(17-22-9-6-12-34-22)27(33)25-15-24(30-35-25)18-7-4-3-5-8-18/h3-15H,16-17H2,1-2H3. The summed E-state index contributed by atoms with van der Waals surface area (Å²) >= 11 is 0. The van der Waals surface area contributed by atoms with Crippen LogP contribution in [-0.2, 0) is 13.1 Å². The van der Waals surface area contributed by atoms with Crippen LogP contribution in [0.4, 0.5) is 10.2 Å². The third-order valence-corrected chi connectivity index (χ3v) is 5.63. The van der Waals surface area contributed by atoms with Crippen LogP contribution in [0.15, 0.2) is 88.0 Å². The van der Waals surface area contributed by atoms with Gasteiger partial charge in [-0.25, -0.2) is 9.37 Å². The molecule has 0 N–H and O–H groups in total. The number of fused-ring (bicyclic) bond motifs is 1. The molecule has 0 bridgehead atoms. The summed E-state index contributed by atoms with van der Waals surface area (Å²) in [5.74, 6) is 0.709. The van der Waals surface area contributed by atoms with Gasteiger partial charge in [-0.15, -0.1) is 0 Å². The number of anilines is 1. The molecule has 0 aliphatic carbocycles. The second kappa shape index (κ2) is 9.42. The highest BCUT2D eigenvalue weighted by Gasteiger charge is 2.24. The van der Waals surface area contributed by atoms with Gasteiger partial charge < -0.3 is 18.7 Å². The Morgan fingerprint density at radius 1 is 0.971 bits per heavy atom. The summed E-state index contributed by atoms with van der Waals surface area (Å²) in [5, 5.41) is 4.87. The quantitative estimate of drug-likeness (QED) is 0.311. The molecule has 0 fully saturated rings. The third kappa shape index (κ3) is 4.77. The highest BCUT2D eigenvalue weighted by molar-refractivity contribution is 5.92. The van der Waals surface area contributed by atoms with Gasteiger partial charge in [0.15, 0.2) is 0 Å². The van der Waals surface area contributed by atoms with Gasteiger partial charge in [-0.3, -0.25) is 4.79 Å². The monoisotopic (exact) mass is 470 g/mol. The Morgan fingerprint density at radius 2 is 1.80 bits per heavy atom. The van der Waals surface area contributed by atoms with Crippen LogP contribution in [0.2, 0.25) is 0 Å². The smallest absolute Gasteiger partial charge is 0.293 e. The Kier molecular flexibility index (Phi) is 6.01. The lowest BCUT2D eigenvalue weighted by Gasteiger charge is -2.24. The fraction of sp³-hybridized carbons (Fsp3) is 0.148. The molecule has 0 aliphatic rings. The SMILES string of the molecule is CN(C)c1nc2cc(F)ccc2cc1CN(Cc1ccco1)C(=O)c1cc(-c2ccccc2)no1. The fourth-order valence-electron chi connectivity index (χ4n) is 3.95. The van der Waals surface area contributed by atoms with E-state index in [4.69, 9.17) is 8.94 Å². The van der Waals surface area contributed by atoms with Gasteiger partial charge in [0.25, 0.3) is 5.91 Å². The minimum absolute atomic E-state index is 0.123. The molecule has 5 rings (SSSR count). The topological polar surface area (TPSA) is 75.6 Å². The van der Waals surface area contributed by atoms with Gasteiger partial charge in [-0.05, 0) is 30.3 Å². The second-order valence-electron chi connectivity index (χ2n) is 8.39. The lowest BCUT2D eigenvalue weighted by Crippen LogP contribution is -2.30. The molecule has 7 nitrogen and oxygen atoms in total. The van der Waals surface area contributed by atoms with E-state index in [0.717, 1.165) is 16.5 Å². The number of carbonyl (C=O) groups is 1. The number of carbonyl (C=O) groups excluding carboxylic acids is 1. The molecule has 0 unspecified atom stereocenters. The zero-order chi connectivity index (χ0) is 24.4. The summed E-state index contributed by atoms with van der Waals surface area (Å²) in [6.45, 7) is 0.455. The van der Waals surface area contributed by atoms with E-state index in [1.54, 1.807) is 29.4 Å². The van der Waals surface area contributed by atoms with Crippen LogP contribution in [-0.4, -0.2) is 35.0 Å². The number of benzene rings is 2. The molecule has 2 aromatic carbocycles. The lowest BCUT2D eigenvalue weighted by atomic mass is 10.1. The first-order valence-electron chi connectivity index (χ1n) is 11.1. The number of hydrogen-bond donors (Lipinski definition) is 0. The zero-order valence-corrected chi connectivity index (χ0v) is 19.3. The molecule has 0 spiro atoms. The van der Waals surface area contributed by atoms with E-state index in [9.17, 15) is 9.18 Å². The normalized spacial score (nSPS) is 11.1. The molecule has 1 amide bonds. The maximum Gasteiger partial charge on any atom is 0.293 e. The first-order valence-corrected chi connectivity index (χ1v) is 11.1. The molecular weight excluding hydrogens is 447 g/mol. The molecule has 3 aromatic heterocycles. The van der Waals surface area contributed by atoms with Crippen LogP contribution in [0.25, 0.3) is 22.2 Å². The number of pyridine rings is 1. The van der Waals surface area contributed by atoms with Crippen LogP contribution in [0, 0.1) is 5.82 Å². The Balaban J connectivity index is 1.51. The lowest BCUT2D eigenvalue weighted by molar-refractivity contribution is 0.0675. The first-order chi connectivity index (χ1) is 17.0. The maximum atomic E-state index is 13.8. The molecule has 3 heterocycles. The van der Waals surface area contributed by atoms with Crippen molar-refractivity contribution in [2.45, 2.75) is 13.1 Å². The van der Waals surface area contributed by atoms with Crippen LogP contribution in [0.1, 0.15) is 21.9 Å². The number of aromatic nitrogens is 2. The van der Waals surface area contributed by atoms with Gasteiger partial charge in [-0.1, -0.05) is 35.5 Å². The highest BCUT2D eigenvalue weighted by Crippen LogP contribution is 2.27. The van der Waals surface area contributed by atoms with Crippen molar-refractivity contribution in [3.05, 3.63) is 102 Å². The van der Waals surface area contributed by atoms with E-state index in [2.05, 4.69) is 10.1 Å². The minimum atomic E-state index is -0.350. The predicted molar refractivity (Wildman–Crippen MR) is 130 cm³/mol. The number of hydrogen-bond acceptors (Lipinski definition) is 6. The molecule has 5 aromatic rings. The van der Waals surface area contributed by atoms with Crippen molar-refractivity contribution in [3.63, 3.8) is 0 Å². The van der Waals surface area contributed by atoms with Crippen molar-refractivity contribution in [1.82, 2.24) is 15.0 Å². The summed E-state index contributed by atoms with van der Waals surface area (Å²) in [6.07, 6.45) is 1.57. The number of amides is 1. The number of furan rings is 1. The molecule has 0 saturated heterocycles. The van der Waals surface area contributed by atoms with Crippen molar-refractivity contribution in [2.75, 3.05) is 19.0 Å². The third-order valence-electron chi connectivity index (χ3n) is 5.63. The van der Waals surface area contributed by atoms with Gasteiger partial charge in [0, 0.05) is 42.7 Å². The molecule has 0 saturated carbocycles. The molecule has 0 radical (unpaired) electrons. The zero-order valence-electron chi connectivity index (χ0n) is 19.3. The van der Waals surface area contributed by atoms with Crippen molar-refractivity contribution < 1.29 is 18.1 Å². The molecule has 0 aliphatic heterocycles. The van der Waals surface area contributed by atoms with E-state index in [0.29, 0.717) is 22.8 Å². The highest BCUT2D eigenvalue weighted by atomic mass is 19.1. The number of nitrogens with zero attached hydrogens (tertiary/aromatic N) is 4. The molecule has 176 valence electrons. The van der Waals surface area contributed by atoms with Gasteiger partial charge in [-0.2, -0.15) is 0 Å². The van der Waals surface area contributed by atoms with E-state index in [1.165, 1.54) is 12.1 Å². The average Bonchev–Trinajstić information content (AvgIpc) is 3.56. The van der Waals surface area contributed by atoms with Crippen LogP contribution < -0.4 is 4.90 Å². The largest absolute Gasteiger partial charge is 0.467 e. The van der Waals surface area contributed by atoms with E-state index >= 15 is 0 Å². The maximum absolute atomic E-state index is 13.8. The Morgan fingerprint density at radius 3 is 2.54 bits per heavy atom. The molecule has 35 heavy (non-hydrogen) atoms. The summed E-state index contributed by atoms with van der Waals surface area (Å²) in [5.41, 5.74) is 2.78. The van der Waals surface area contributed by atoms with Gasteiger partial charge in [0.05, 0.1) is 24.9 Å². The average molecular weight is 471 g/mol. The van der Waals surface area contributed by atoms with E-state index < -0.39 is 0 Å². The van der Waals surface area contributed by atoms with Gasteiger partial charge in [0.1, 0.15) is 23.1 Å². The van der Waals surface area contributed by atoms with Crippen molar-refractivity contribution in [3.8, 4) is 11.3 Å². The minimum Gasteiger partial charge on any atom is -0.467 e. The molecular formula is C27H23FN4O3. The molecule has 0 atom stereocenters. The van der Waals surface area contributed by atoms with Crippen LogP contribution in [0.3, 0.4) is 0 Å². The van der Waals surface area contributed by atoms with Gasteiger partial charge >= 0.3 is 0 Å². The summed E-state index contributed by atoms with van der Waals surface area (Å²) in [6, 6.07) is 21.1. The summed E-state index contributed by atoms with van der Waals surface area (Å²) < 4.78 is 24.7. The summed E-state index contributed by atoms with van der Waals surface area (Å²) in [4.78, 5) is 21.7. The van der Waals surface area contributed by atoms with Crippen LogP contribution >= 0.6 is 0 Å². The second-order valence-corrected chi connectivity index (χ2v) is 8.39. The van der Waals surface area contributed by atoms with Crippen molar-refractivity contribution >= 4 is 22.6 Å². The van der Waals surface area contributed by atoms with Crippen LogP contribution in [0.5, 0.6) is 0 Å². The predicted octanol–water partition coefficient (Wildman–Crippen LogP) is 5.53. The Hall–Kier alpha value is -4.46.